The molecule has 1 N–H and O–H groups in total. The number of carbonyl (C=O) groups is 1. The molecule has 0 aliphatic carbocycles. The Morgan fingerprint density at radius 1 is 1.38 bits per heavy atom. The maximum Gasteiger partial charge on any atom is 0.261 e. The minimum Gasteiger partial charge on any atom is -0.351 e. The number of hydrogen-bond acceptors (Lipinski definition) is 2. The number of nitrogens with one attached hydrogen (secondary N) is 1. The highest BCUT2D eigenvalue weighted by molar-refractivity contribution is 14.1. The van der Waals surface area contributed by atoms with E-state index in [1.165, 1.54) is 4.70 Å². The van der Waals surface area contributed by atoms with Gasteiger partial charge in [-0.3, -0.25) is 4.79 Å². The zero-order valence-electron chi connectivity index (χ0n) is 8.70. The van der Waals surface area contributed by atoms with Crippen molar-refractivity contribution in [3.63, 3.8) is 0 Å². The lowest BCUT2D eigenvalue weighted by atomic mass is 10.2. The largest absolute Gasteiger partial charge is 0.351 e. The molecule has 4 heteroatoms. The van der Waals surface area contributed by atoms with Crippen molar-refractivity contribution < 1.29 is 4.79 Å². The Balaban J connectivity index is 2.11. The molecule has 0 aliphatic rings. The summed E-state index contributed by atoms with van der Waals surface area (Å²) >= 11 is 3.86. The van der Waals surface area contributed by atoms with E-state index in [0.717, 1.165) is 27.7 Å². The Bertz CT molecular complexity index is 461. The van der Waals surface area contributed by atoms with Gasteiger partial charge in [-0.2, -0.15) is 0 Å². The van der Waals surface area contributed by atoms with Gasteiger partial charge < -0.3 is 5.32 Å². The molecule has 0 radical (unpaired) electrons. The highest BCUT2D eigenvalue weighted by atomic mass is 127. The van der Waals surface area contributed by atoms with Gasteiger partial charge in [0.05, 0.1) is 4.88 Å². The molecule has 2 nitrogen and oxygen atoms in total. The lowest BCUT2D eigenvalue weighted by molar-refractivity contribution is 0.0958. The quantitative estimate of drug-likeness (QED) is 0.513. The fraction of sp³-hybridized carbons (Fsp3) is 0.250. The second-order valence-corrected chi connectivity index (χ2v) is 5.61. The van der Waals surface area contributed by atoms with E-state index in [0.29, 0.717) is 0 Å². The van der Waals surface area contributed by atoms with Crippen LogP contribution < -0.4 is 5.32 Å². The number of amides is 1. The van der Waals surface area contributed by atoms with Crippen molar-refractivity contribution in [2.75, 3.05) is 11.0 Å². The second-order valence-electron chi connectivity index (χ2n) is 3.45. The SMILES string of the molecule is O=C(NCCCI)c1cc2ccccc2s1. The molecule has 0 atom stereocenters. The molecule has 0 unspecified atom stereocenters. The smallest absolute Gasteiger partial charge is 0.261 e. The molecule has 1 amide bonds. The Morgan fingerprint density at radius 3 is 2.94 bits per heavy atom. The lowest BCUT2D eigenvalue weighted by Gasteiger charge is -2.00. The molecule has 0 aliphatic heterocycles. The van der Waals surface area contributed by atoms with E-state index in [1.54, 1.807) is 11.3 Å². The zero-order valence-corrected chi connectivity index (χ0v) is 11.7. The van der Waals surface area contributed by atoms with E-state index in [-0.39, 0.29) is 5.91 Å². The summed E-state index contributed by atoms with van der Waals surface area (Å²) in [5, 5.41) is 4.07. The highest BCUT2D eigenvalue weighted by Gasteiger charge is 2.08. The van der Waals surface area contributed by atoms with Gasteiger partial charge in [0.2, 0.25) is 0 Å². The Labute approximate surface area is 112 Å². The highest BCUT2D eigenvalue weighted by Crippen LogP contribution is 2.24. The van der Waals surface area contributed by atoms with Crippen molar-refractivity contribution in [2.24, 2.45) is 0 Å². The number of halogens is 1. The average Bonchev–Trinajstić information content (AvgIpc) is 2.73. The molecular weight excluding hydrogens is 333 g/mol. The van der Waals surface area contributed by atoms with E-state index < -0.39 is 0 Å². The van der Waals surface area contributed by atoms with Crippen LogP contribution in [0.25, 0.3) is 10.1 Å². The van der Waals surface area contributed by atoms with Crippen molar-refractivity contribution in [3.8, 4) is 0 Å². The number of benzene rings is 1. The van der Waals surface area contributed by atoms with Crippen LogP contribution in [0.1, 0.15) is 16.1 Å². The Kier molecular flexibility index (Phi) is 4.17. The first kappa shape index (κ1) is 11.9. The van der Waals surface area contributed by atoms with Crippen LogP contribution >= 0.6 is 33.9 Å². The normalized spacial score (nSPS) is 10.6. The third-order valence-electron chi connectivity index (χ3n) is 2.25. The summed E-state index contributed by atoms with van der Waals surface area (Å²) in [5.74, 6) is 0.0473. The second kappa shape index (κ2) is 5.63. The van der Waals surface area contributed by atoms with E-state index in [4.69, 9.17) is 0 Å². The molecule has 84 valence electrons. The third-order valence-corrected chi connectivity index (χ3v) is 4.12. The van der Waals surface area contributed by atoms with Crippen LogP contribution in [-0.4, -0.2) is 16.9 Å². The molecule has 2 aromatic rings. The van der Waals surface area contributed by atoms with Gasteiger partial charge in [-0.25, -0.2) is 0 Å². The topological polar surface area (TPSA) is 29.1 Å². The number of alkyl halides is 1. The van der Waals surface area contributed by atoms with Crippen molar-refractivity contribution >= 4 is 49.9 Å². The fourth-order valence-electron chi connectivity index (χ4n) is 1.45. The minimum absolute atomic E-state index is 0.0473. The minimum atomic E-state index is 0.0473. The first-order valence-corrected chi connectivity index (χ1v) is 7.48. The van der Waals surface area contributed by atoms with Crippen molar-refractivity contribution in [2.45, 2.75) is 6.42 Å². The van der Waals surface area contributed by atoms with Gasteiger partial charge in [0.1, 0.15) is 0 Å². The van der Waals surface area contributed by atoms with E-state index in [1.807, 2.05) is 30.3 Å². The molecule has 0 saturated heterocycles. The van der Waals surface area contributed by atoms with Crippen LogP contribution in [0.2, 0.25) is 0 Å². The molecule has 0 saturated carbocycles. The predicted octanol–water partition coefficient (Wildman–Crippen LogP) is 3.46. The first-order chi connectivity index (χ1) is 7.81. The monoisotopic (exact) mass is 345 g/mol. The number of rotatable bonds is 4. The number of thiophene rings is 1. The molecule has 16 heavy (non-hydrogen) atoms. The van der Waals surface area contributed by atoms with E-state index >= 15 is 0 Å². The summed E-state index contributed by atoms with van der Waals surface area (Å²) < 4.78 is 2.24. The van der Waals surface area contributed by atoms with Gasteiger partial charge in [0.15, 0.2) is 0 Å². The summed E-state index contributed by atoms with van der Waals surface area (Å²) in [4.78, 5) is 12.6. The van der Waals surface area contributed by atoms with Gasteiger partial charge in [-0.1, -0.05) is 40.8 Å². The Morgan fingerprint density at radius 2 is 2.19 bits per heavy atom. The van der Waals surface area contributed by atoms with Gasteiger partial charge >= 0.3 is 0 Å². The number of carbonyl (C=O) groups excluding carboxylic acids is 1. The van der Waals surface area contributed by atoms with Crippen LogP contribution in [0.3, 0.4) is 0 Å². The zero-order chi connectivity index (χ0) is 11.4. The van der Waals surface area contributed by atoms with Crippen molar-refractivity contribution in [1.82, 2.24) is 5.32 Å². The maximum atomic E-state index is 11.8. The summed E-state index contributed by atoms with van der Waals surface area (Å²) in [6, 6.07) is 10.0. The number of fused-ring (bicyclic) bond motifs is 1. The first-order valence-electron chi connectivity index (χ1n) is 5.14. The molecule has 1 heterocycles. The maximum absolute atomic E-state index is 11.8. The van der Waals surface area contributed by atoms with E-state index in [9.17, 15) is 4.79 Å². The van der Waals surface area contributed by atoms with Crippen LogP contribution in [0, 0.1) is 0 Å². The molecule has 0 fully saturated rings. The van der Waals surface area contributed by atoms with Crippen LogP contribution in [0.15, 0.2) is 30.3 Å². The molecule has 0 bridgehead atoms. The summed E-state index contributed by atoms with van der Waals surface area (Å²) in [5.41, 5.74) is 0. The fourth-order valence-corrected chi connectivity index (χ4v) is 2.81. The van der Waals surface area contributed by atoms with Crippen molar-refractivity contribution in [1.29, 1.82) is 0 Å². The van der Waals surface area contributed by atoms with Crippen molar-refractivity contribution in [3.05, 3.63) is 35.2 Å². The molecule has 1 aromatic carbocycles. The molecule has 1 aromatic heterocycles. The summed E-state index contributed by atoms with van der Waals surface area (Å²) in [6.07, 6.45) is 1.02. The molecule has 0 spiro atoms. The van der Waals surface area contributed by atoms with Crippen LogP contribution in [-0.2, 0) is 0 Å². The van der Waals surface area contributed by atoms with Gasteiger partial charge in [0.25, 0.3) is 5.91 Å². The molecular formula is C12H12INOS. The average molecular weight is 345 g/mol. The number of hydrogen-bond donors (Lipinski definition) is 1. The molecule has 2 rings (SSSR count). The summed E-state index contributed by atoms with van der Waals surface area (Å²) in [7, 11) is 0. The van der Waals surface area contributed by atoms with Crippen LogP contribution in [0.4, 0.5) is 0 Å². The Hall–Kier alpha value is -0.620. The van der Waals surface area contributed by atoms with Gasteiger partial charge in [-0.15, -0.1) is 11.3 Å². The van der Waals surface area contributed by atoms with Gasteiger partial charge in [-0.05, 0) is 23.9 Å². The summed E-state index contributed by atoms with van der Waals surface area (Å²) in [6.45, 7) is 0.760. The third kappa shape index (κ3) is 2.74. The predicted molar refractivity (Wildman–Crippen MR) is 77.7 cm³/mol. The standard InChI is InChI=1S/C12H12INOS/c13-6-3-7-14-12(15)11-8-9-4-1-2-5-10(9)16-11/h1-2,4-5,8H,3,6-7H2,(H,14,15). The van der Waals surface area contributed by atoms with E-state index in [2.05, 4.69) is 27.9 Å². The van der Waals surface area contributed by atoms with Crippen LogP contribution in [0.5, 0.6) is 0 Å². The van der Waals surface area contributed by atoms with Gasteiger partial charge in [0, 0.05) is 15.7 Å². The lowest BCUT2D eigenvalue weighted by Crippen LogP contribution is -2.23.